The zero-order valence-electron chi connectivity index (χ0n) is 11.5. The average molecular weight is 269 g/mol. The molecule has 4 nitrogen and oxygen atoms in total. The van der Waals surface area contributed by atoms with Gasteiger partial charge in [0.25, 0.3) is 0 Å². The molecule has 1 aromatic rings. The predicted octanol–water partition coefficient (Wildman–Crippen LogP) is 2.10. The lowest BCUT2D eigenvalue weighted by molar-refractivity contribution is -0.133. The molecule has 3 rings (SSSR count). The summed E-state index contributed by atoms with van der Waals surface area (Å²) < 4.78 is 0. The van der Waals surface area contributed by atoms with Gasteiger partial charge in [-0.2, -0.15) is 5.26 Å². The largest absolute Gasteiger partial charge is 0.331 e. The molecule has 0 radical (unpaired) electrons. The van der Waals surface area contributed by atoms with Crippen LogP contribution in [0, 0.1) is 11.3 Å². The van der Waals surface area contributed by atoms with Crippen molar-refractivity contribution in [2.75, 3.05) is 0 Å². The Labute approximate surface area is 119 Å². The second-order valence-electron chi connectivity index (χ2n) is 5.77. The number of carbonyl (C=O) groups excluding carboxylic acids is 1. The molecule has 1 heterocycles. The third-order valence-corrected chi connectivity index (χ3v) is 4.22. The molecule has 0 bridgehead atoms. The van der Waals surface area contributed by atoms with E-state index < -0.39 is 0 Å². The number of rotatable bonds is 2. The highest BCUT2D eigenvalue weighted by atomic mass is 16.2. The van der Waals surface area contributed by atoms with Crippen LogP contribution < -0.4 is 5.73 Å². The van der Waals surface area contributed by atoms with Gasteiger partial charge in [-0.15, -0.1) is 0 Å². The summed E-state index contributed by atoms with van der Waals surface area (Å²) in [5, 5.41) is 9.06. The maximum Gasteiger partial charge on any atom is 0.223 e. The van der Waals surface area contributed by atoms with Crippen LogP contribution in [0.1, 0.15) is 49.3 Å². The van der Waals surface area contributed by atoms with Gasteiger partial charge in [0, 0.05) is 18.5 Å². The summed E-state index contributed by atoms with van der Waals surface area (Å²) in [6.07, 6.45) is 4.46. The molecular formula is C16H19N3O. The van der Waals surface area contributed by atoms with Crippen molar-refractivity contribution < 1.29 is 4.79 Å². The van der Waals surface area contributed by atoms with Crippen molar-refractivity contribution in [3.63, 3.8) is 0 Å². The van der Waals surface area contributed by atoms with E-state index in [1.54, 1.807) is 6.07 Å². The molecule has 4 heteroatoms. The van der Waals surface area contributed by atoms with Crippen LogP contribution in [0.4, 0.5) is 0 Å². The SMILES string of the molecule is N#Cc1cccc(C2C(N)CCCC(=O)N2C2CC2)c1. The van der Waals surface area contributed by atoms with Gasteiger partial charge in [0.1, 0.15) is 0 Å². The molecule has 1 saturated carbocycles. The van der Waals surface area contributed by atoms with Crippen molar-refractivity contribution in [3.05, 3.63) is 35.4 Å². The van der Waals surface area contributed by atoms with Crippen LogP contribution in [0.3, 0.4) is 0 Å². The second-order valence-corrected chi connectivity index (χ2v) is 5.77. The molecule has 20 heavy (non-hydrogen) atoms. The van der Waals surface area contributed by atoms with Gasteiger partial charge in [-0.25, -0.2) is 0 Å². The number of hydrogen-bond acceptors (Lipinski definition) is 3. The molecule has 0 spiro atoms. The zero-order chi connectivity index (χ0) is 14.1. The predicted molar refractivity (Wildman–Crippen MR) is 75.6 cm³/mol. The molecule has 1 saturated heterocycles. The van der Waals surface area contributed by atoms with Crippen LogP contribution in [-0.4, -0.2) is 22.9 Å². The second kappa shape index (κ2) is 5.26. The molecule has 1 amide bonds. The van der Waals surface area contributed by atoms with Crippen molar-refractivity contribution in [1.29, 1.82) is 5.26 Å². The highest BCUT2D eigenvalue weighted by Gasteiger charge is 2.41. The summed E-state index contributed by atoms with van der Waals surface area (Å²) in [5.41, 5.74) is 7.97. The fraction of sp³-hybridized carbons (Fsp3) is 0.500. The maximum absolute atomic E-state index is 12.4. The van der Waals surface area contributed by atoms with E-state index in [0.717, 1.165) is 31.2 Å². The maximum atomic E-state index is 12.4. The van der Waals surface area contributed by atoms with Crippen LogP contribution in [-0.2, 0) is 4.79 Å². The van der Waals surface area contributed by atoms with Crippen molar-refractivity contribution in [3.8, 4) is 6.07 Å². The standard InChI is InChI=1S/C16H19N3O/c17-10-11-3-1-4-12(9-11)16-14(18)5-2-6-15(20)19(16)13-7-8-13/h1,3-4,9,13-14,16H,2,5-8,18H2. The number of nitriles is 1. The van der Waals surface area contributed by atoms with E-state index in [2.05, 4.69) is 6.07 Å². The smallest absolute Gasteiger partial charge is 0.223 e. The topological polar surface area (TPSA) is 70.1 Å². The van der Waals surface area contributed by atoms with Crippen LogP contribution in [0.15, 0.2) is 24.3 Å². The van der Waals surface area contributed by atoms with Gasteiger partial charge in [0.05, 0.1) is 17.7 Å². The molecule has 2 aliphatic rings. The van der Waals surface area contributed by atoms with Gasteiger partial charge >= 0.3 is 0 Å². The van der Waals surface area contributed by atoms with E-state index in [4.69, 9.17) is 11.0 Å². The lowest BCUT2D eigenvalue weighted by atomic mass is 9.95. The van der Waals surface area contributed by atoms with Crippen molar-refractivity contribution in [2.24, 2.45) is 5.73 Å². The minimum Gasteiger partial charge on any atom is -0.331 e. The lowest BCUT2D eigenvalue weighted by Crippen LogP contribution is -2.43. The molecule has 0 aromatic heterocycles. The van der Waals surface area contributed by atoms with Gasteiger partial charge in [0.15, 0.2) is 0 Å². The fourth-order valence-corrected chi connectivity index (χ4v) is 3.12. The van der Waals surface area contributed by atoms with E-state index in [9.17, 15) is 4.79 Å². The normalized spacial score (nSPS) is 27.0. The van der Waals surface area contributed by atoms with E-state index in [-0.39, 0.29) is 18.0 Å². The number of hydrogen-bond donors (Lipinski definition) is 1. The Balaban J connectivity index is 2.00. The van der Waals surface area contributed by atoms with Gasteiger partial charge in [0.2, 0.25) is 5.91 Å². The number of nitrogens with two attached hydrogens (primary N) is 1. The van der Waals surface area contributed by atoms with Crippen molar-refractivity contribution >= 4 is 5.91 Å². The van der Waals surface area contributed by atoms with E-state index >= 15 is 0 Å². The Morgan fingerprint density at radius 2 is 2.10 bits per heavy atom. The Hall–Kier alpha value is -1.86. The minimum absolute atomic E-state index is 0.0454. The van der Waals surface area contributed by atoms with E-state index in [1.807, 2.05) is 23.1 Å². The molecule has 1 aliphatic carbocycles. The van der Waals surface area contributed by atoms with Crippen LogP contribution in [0.25, 0.3) is 0 Å². The van der Waals surface area contributed by atoms with Crippen LogP contribution >= 0.6 is 0 Å². The molecule has 1 aromatic carbocycles. The summed E-state index contributed by atoms with van der Waals surface area (Å²) in [7, 11) is 0. The molecule has 2 atom stereocenters. The summed E-state index contributed by atoms with van der Waals surface area (Å²) in [6, 6.07) is 9.91. The summed E-state index contributed by atoms with van der Waals surface area (Å²) in [5.74, 6) is 0.216. The molecular weight excluding hydrogens is 250 g/mol. The molecule has 2 fully saturated rings. The summed E-state index contributed by atoms with van der Waals surface area (Å²) in [6.45, 7) is 0. The molecule has 2 N–H and O–H groups in total. The van der Waals surface area contributed by atoms with Gasteiger partial charge in [-0.3, -0.25) is 4.79 Å². The average Bonchev–Trinajstić information content (AvgIpc) is 3.28. The first-order valence-electron chi connectivity index (χ1n) is 7.27. The van der Waals surface area contributed by atoms with Crippen LogP contribution in [0.2, 0.25) is 0 Å². The first kappa shape index (κ1) is 13.1. The molecule has 2 unspecified atom stereocenters. The van der Waals surface area contributed by atoms with Crippen LogP contribution in [0.5, 0.6) is 0 Å². The van der Waals surface area contributed by atoms with Crippen molar-refractivity contribution in [2.45, 2.75) is 50.2 Å². The Morgan fingerprint density at radius 3 is 2.80 bits per heavy atom. The van der Waals surface area contributed by atoms with Crippen molar-refractivity contribution in [1.82, 2.24) is 4.90 Å². The highest BCUT2D eigenvalue weighted by molar-refractivity contribution is 5.78. The van der Waals surface area contributed by atoms with Gasteiger partial charge in [-0.1, -0.05) is 12.1 Å². The molecule has 104 valence electrons. The van der Waals surface area contributed by atoms with E-state index in [0.29, 0.717) is 18.0 Å². The Kier molecular flexibility index (Phi) is 3.45. The summed E-state index contributed by atoms with van der Waals surface area (Å²) in [4.78, 5) is 14.4. The third kappa shape index (κ3) is 2.41. The minimum atomic E-state index is -0.0780. The number of nitrogens with zero attached hydrogens (tertiary/aromatic N) is 2. The quantitative estimate of drug-likeness (QED) is 0.893. The lowest BCUT2D eigenvalue weighted by Gasteiger charge is -2.34. The fourth-order valence-electron chi connectivity index (χ4n) is 3.12. The van der Waals surface area contributed by atoms with Gasteiger partial charge in [-0.05, 0) is 43.4 Å². The van der Waals surface area contributed by atoms with Gasteiger partial charge < -0.3 is 10.6 Å². The first-order valence-corrected chi connectivity index (χ1v) is 7.27. The number of carbonyl (C=O) groups is 1. The monoisotopic (exact) mass is 269 g/mol. The Bertz CT molecular complexity index is 559. The first-order chi connectivity index (χ1) is 9.70. The molecule has 1 aliphatic heterocycles. The third-order valence-electron chi connectivity index (χ3n) is 4.22. The highest BCUT2D eigenvalue weighted by Crippen LogP contribution is 2.39. The number of amides is 1. The summed E-state index contributed by atoms with van der Waals surface area (Å²) >= 11 is 0. The Morgan fingerprint density at radius 1 is 1.30 bits per heavy atom. The number of benzene rings is 1. The van der Waals surface area contributed by atoms with E-state index in [1.165, 1.54) is 0 Å². The zero-order valence-corrected chi connectivity index (χ0v) is 11.5. The number of likely N-dealkylation sites (tertiary alicyclic amines) is 1.